The van der Waals surface area contributed by atoms with Gasteiger partial charge in [0, 0.05) is 16.5 Å². The monoisotopic (exact) mass is 445 g/mol. The van der Waals surface area contributed by atoms with Crippen LogP contribution in [0, 0.1) is 11.8 Å². The van der Waals surface area contributed by atoms with Crippen molar-refractivity contribution in [3.63, 3.8) is 0 Å². The lowest BCUT2D eigenvalue weighted by molar-refractivity contribution is 0.0602. The Labute approximate surface area is 190 Å². The Hall–Kier alpha value is -4.05. The second kappa shape index (κ2) is 9.21. The molecule has 2 heterocycles. The number of carbonyl (C=O) groups excluding carboxylic acids is 1. The predicted molar refractivity (Wildman–Crippen MR) is 122 cm³/mol. The number of fused-ring (bicyclic) bond motifs is 1. The zero-order valence-corrected chi connectivity index (χ0v) is 18.3. The molecule has 33 heavy (non-hydrogen) atoms. The second-order valence-corrected chi connectivity index (χ2v) is 7.43. The Kier molecular flexibility index (Phi) is 6.18. The summed E-state index contributed by atoms with van der Waals surface area (Å²) in [6, 6.07) is 15.3. The number of methoxy groups -OCH3 is 1. The molecule has 0 N–H and O–H groups in total. The Morgan fingerprint density at radius 2 is 1.85 bits per heavy atom. The number of benzene rings is 2. The van der Waals surface area contributed by atoms with Gasteiger partial charge in [-0.25, -0.2) is 18.6 Å². The summed E-state index contributed by atoms with van der Waals surface area (Å²) >= 11 is 0. The Morgan fingerprint density at radius 3 is 2.52 bits per heavy atom. The maximum absolute atomic E-state index is 13.0. The largest absolute Gasteiger partial charge is 0.465 e. The van der Waals surface area contributed by atoms with Gasteiger partial charge < -0.3 is 4.74 Å². The van der Waals surface area contributed by atoms with Crippen molar-refractivity contribution in [1.82, 2.24) is 14.8 Å². The normalized spacial score (nSPS) is 11.8. The van der Waals surface area contributed by atoms with Crippen molar-refractivity contribution in [2.75, 3.05) is 7.11 Å². The van der Waals surface area contributed by atoms with Gasteiger partial charge >= 0.3 is 5.97 Å². The minimum Gasteiger partial charge on any atom is -0.465 e. The maximum Gasteiger partial charge on any atom is 0.340 e. The molecule has 0 saturated heterocycles. The number of pyridine rings is 1. The smallest absolute Gasteiger partial charge is 0.340 e. The van der Waals surface area contributed by atoms with Gasteiger partial charge in [-0.05, 0) is 43.7 Å². The molecule has 4 aromatic rings. The third-order valence-corrected chi connectivity index (χ3v) is 5.47. The molecule has 0 spiro atoms. The lowest BCUT2D eigenvalue weighted by Crippen LogP contribution is -2.12. The van der Waals surface area contributed by atoms with Crippen LogP contribution in [0.2, 0.25) is 0 Å². The molecular formula is C26H21F2N3O2. The molecule has 0 aliphatic carbocycles. The van der Waals surface area contributed by atoms with Gasteiger partial charge in [0.05, 0.1) is 36.1 Å². The fourth-order valence-corrected chi connectivity index (χ4v) is 3.78. The van der Waals surface area contributed by atoms with Crippen LogP contribution in [-0.4, -0.2) is 27.8 Å². The molecule has 1 atom stereocenters. The third-order valence-electron chi connectivity index (χ3n) is 5.47. The molecule has 2 aromatic carbocycles. The van der Waals surface area contributed by atoms with Gasteiger partial charge in [-0.2, -0.15) is 5.10 Å². The van der Waals surface area contributed by atoms with Crippen LogP contribution in [0.5, 0.6) is 0 Å². The van der Waals surface area contributed by atoms with Crippen molar-refractivity contribution in [2.24, 2.45) is 0 Å². The van der Waals surface area contributed by atoms with E-state index in [9.17, 15) is 13.6 Å². The molecule has 166 valence electrons. The van der Waals surface area contributed by atoms with Gasteiger partial charge in [0.15, 0.2) is 0 Å². The van der Waals surface area contributed by atoms with Crippen molar-refractivity contribution >= 4 is 16.9 Å². The van der Waals surface area contributed by atoms with Crippen LogP contribution < -0.4 is 0 Å². The molecule has 2 aromatic heterocycles. The highest BCUT2D eigenvalue weighted by atomic mass is 19.3. The maximum atomic E-state index is 13.0. The summed E-state index contributed by atoms with van der Waals surface area (Å²) < 4.78 is 32.7. The lowest BCUT2D eigenvalue weighted by Gasteiger charge is -2.16. The van der Waals surface area contributed by atoms with Crippen LogP contribution in [-0.2, 0) is 4.74 Å². The van der Waals surface area contributed by atoms with Crippen LogP contribution in [0.3, 0.4) is 0 Å². The highest BCUT2D eigenvalue weighted by Crippen LogP contribution is 2.30. The van der Waals surface area contributed by atoms with Crippen LogP contribution in [0.4, 0.5) is 8.78 Å². The molecule has 0 fully saturated rings. The van der Waals surface area contributed by atoms with E-state index in [-0.39, 0.29) is 11.7 Å². The number of halogens is 2. The standard InChI is InChI=1S/C26H21F2N3O2/c1-4-6-18-13-14-20(26(32)33-3)24-21(18)15-29-31(24)16(2)17-9-11-19(12-10-17)22-7-5-8-23(30-22)25(27)28/h5,7-16,25H,1-3H3/t16-/m1/s1. The van der Waals surface area contributed by atoms with E-state index < -0.39 is 12.4 Å². The lowest BCUT2D eigenvalue weighted by atomic mass is 10.0. The van der Waals surface area contributed by atoms with Crippen molar-refractivity contribution in [3.05, 3.63) is 83.2 Å². The first-order chi connectivity index (χ1) is 15.9. The molecule has 0 aliphatic heterocycles. The summed E-state index contributed by atoms with van der Waals surface area (Å²) in [6.45, 7) is 3.72. The van der Waals surface area contributed by atoms with Gasteiger partial charge in [-0.15, -0.1) is 5.92 Å². The summed E-state index contributed by atoms with van der Waals surface area (Å²) in [7, 11) is 1.34. The van der Waals surface area contributed by atoms with Gasteiger partial charge in [0.1, 0.15) is 5.69 Å². The van der Waals surface area contributed by atoms with E-state index in [1.807, 2.05) is 31.2 Å². The third kappa shape index (κ3) is 4.20. The minimum absolute atomic E-state index is 0.217. The van der Waals surface area contributed by atoms with Crippen molar-refractivity contribution in [2.45, 2.75) is 26.3 Å². The van der Waals surface area contributed by atoms with Gasteiger partial charge in [-0.1, -0.05) is 36.3 Å². The average molecular weight is 445 g/mol. The molecule has 0 saturated carbocycles. The number of aromatic nitrogens is 3. The van der Waals surface area contributed by atoms with Crippen LogP contribution in [0.25, 0.3) is 22.2 Å². The summed E-state index contributed by atoms with van der Waals surface area (Å²) in [5.74, 6) is 5.48. The molecule has 0 radical (unpaired) electrons. The zero-order valence-electron chi connectivity index (χ0n) is 18.3. The summed E-state index contributed by atoms with van der Waals surface area (Å²) in [6.07, 6.45) is -0.921. The fraction of sp³-hybridized carbons (Fsp3) is 0.192. The van der Waals surface area contributed by atoms with Crippen molar-refractivity contribution < 1.29 is 18.3 Å². The van der Waals surface area contributed by atoms with E-state index in [0.29, 0.717) is 16.8 Å². The number of rotatable bonds is 5. The van der Waals surface area contributed by atoms with E-state index in [2.05, 4.69) is 21.9 Å². The van der Waals surface area contributed by atoms with E-state index in [0.717, 1.165) is 22.1 Å². The number of carbonyl (C=O) groups is 1. The van der Waals surface area contributed by atoms with Gasteiger partial charge in [0.2, 0.25) is 0 Å². The SMILES string of the molecule is CC#Cc1ccc(C(=O)OC)c2c1cnn2[C@H](C)c1ccc(-c2cccc(C(F)F)n2)cc1. The Morgan fingerprint density at radius 1 is 1.09 bits per heavy atom. The van der Waals surface area contributed by atoms with E-state index >= 15 is 0 Å². The van der Waals surface area contributed by atoms with Crippen molar-refractivity contribution in [1.29, 1.82) is 0 Å². The number of ether oxygens (including phenoxy) is 1. The van der Waals surface area contributed by atoms with Crippen LogP contribution in [0.15, 0.2) is 60.8 Å². The van der Waals surface area contributed by atoms with E-state index in [1.165, 1.54) is 13.2 Å². The molecule has 0 unspecified atom stereocenters. The first-order valence-corrected chi connectivity index (χ1v) is 10.3. The highest BCUT2D eigenvalue weighted by Gasteiger charge is 2.21. The number of hydrogen-bond donors (Lipinski definition) is 0. The minimum atomic E-state index is -2.62. The zero-order chi connectivity index (χ0) is 23.5. The number of hydrogen-bond acceptors (Lipinski definition) is 4. The molecule has 0 amide bonds. The molecule has 0 bridgehead atoms. The molecular weight excluding hydrogens is 424 g/mol. The quantitative estimate of drug-likeness (QED) is 0.288. The average Bonchev–Trinajstić information content (AvgIpc) is 3.29. The van der Waals surface area contributed by atoms with Crippen molar-refractivity contribution in [3.8, 4) is 23.1 Å². The first kappa shape index (κ1) is 22.2. The molecule has 7 heteroatoms. The van der Waals surface area contributed by atoms with E-state index in [4.69, 9.17) is 4.74 Å². The van der Waals surface area contributed by atoms with Crippen LogP contribution in [0.1, 0.15) is 53.5 Å². The van der Waals surface area contributed by atoms with Crippen LogP contribution >= 0.6 is 0 Å². The number of esters is 1. The topological polar surface area (TPSA) is 57.0 Å². The fourth-order valence-electron chi connectivity index (χ4n) is 3.78. The molecule has 0 aliphatic rings. The second-order valence-electron chi connectivity index (χ2n) is 7.43. The summed E-state index contributed by atoms with van der Waals surface area (Å²) in [4.78, 5) is 16.5. The summed E-state index contributed by atoms with van der Waals surface area (Å²) in [5.41, 5.74) is 3.71. The molecule has 5 nitrogen and oxygen atoms in total. The molecule has 4 rings (SSSR count). The number of nitrogens with zero attached hydrogens (tertiary/aromatic N) is 3. The Bertz CT molecular complexity index is 1380. The highest BCUT2D eigenvalue weighted by molar-refractivity contribution is 6.04. The summed E-state index contributed by atoms with van der Waals surface area (Å²) in [5, 5.41) is 5.32. The van der Waals surface area contributed by atoms with E-state index in [1.54, 1.807) is 42.1 Å². The predicted octanol–water partition coefficient (Wildman–Crippen LogP) is 5.80. The first-order valence-electron chi connectivity index (χ1n) is 10.3. The van der Waals surface area contributed by atoms with Gasteiger partial charge in [0.25, 0.3) is 6.43 Å². The Balaban J connectivity index is 1.75. The van der Waals surface area contributed by atoms with Gasteiger partial charge in [-0.3, -0.25) is 4.68 Å². The number of alkyl halides is 2.